The van der Waals surface area contributed by atoms with E-state index in [1.807, 2.05) is 25.7 Å². The van der Waals surface area contributed by atoms with E-state index < -0.39 is 10.0 Å². The summed E-state index contributed by atoms with van der Waals surface area (Å²) in [6.07, 6.45) is 1.41. The maximum absolute atomic E-state index is 13.0. The third-order valence-electron chi connectivity index (χ3n) is 4.76. The number of ether oxygens (including phenoxy) is 1. The van der Waals surface area contributed by atoms with E-state index in [1.54, 1.807) is 12.1 Å². The zero-order valence-electron chi connectivity index (χ0n) is 15.3. The van der Waals surface area contributed by atoms with Gasteiger partial charge in [-0.25, -0.2) is 8.42 Å². The van der Waals surface area contributed by atoms with E-state index in [2.05, 4.69) is 15.9 Å². The molecule has 146 valence electrons. The van der Waals surface area contributed by atoms with Crippen molar-refractivity contribution < 1.29 is 17.9 Å². The highest BCUT2D eigenvalue weighted by Crippen LogP contribution is 2.32. The van der Waals surface area contributed by atoms with Gasteiger partial charge in [0.05, 0.1) is 21.4 Å². The lowest BCUT2D eigenvalue weighted by molar-refractivity contribution is -0.162. The zero-order valence-corrected chi connectivity index (χ0v) is 18.5. The molecule has 2 aliphatic heterocycles. The first kappa shape index (κ1) is 20.3. The first-order chi connectivity index (χ1) is 12.1. The summed E-state index contributed by atoms with van der Waals surface area (Å²) in [5.74, 6) is -0.247. The van der Waals surface area contributed by atoms with Crippen LogP contribution in [0.25, 0.3) is 0 Å². The maximum Gasteiger partial charge on any atom is 0.252 e. The number of piperidine rings is 1. The number of hydrogen-bond donors (Lipinski definition) is 0. The van der Waals surface area contributed by atoms with Gasteiger partial charge >= 0.3 is 0 Å². The van der Waals surface area contributed by atoms with Gasteiger partial charge in [-0.2, -0.15) is 4.31 Å². The Morgan fingerprint density at radius 1 is 1.35 bits per heavy atom. The normalized spacial score (nSPS) is 27.5. The minimum Gasteiger partial charge on any atom is -0.369 e. The van der Waals surface area contributed by atoms with Crippen molar-refractivity contribution in [2.75, 3.05) is 26.2 Å². The minimum absolute atomic E-state index is 0.0189. The molecule has 2 atom stereocenters. The number of thiophene rings is 1. The molecule has 0 aliphatic carbocycles. The highest BCUT2D eigenvalue weighted by Gasteiger charge is 2.39. The van der Waals surface area contributed by atoms with Crippen LogP contribution >= 0.6 is 27.3 Å². The zero-order chi connectivity index (χ0) is 19.1. The minimum atomic E-state index is -3.55. The van der Waals surface area contributed by atoms with Crippen LogP contribution < -0.4 is 0 Å². The quantitative estimate of drug-likeness (QED) is 0.689. The highest BCUT2D eigenvalue weighted by atomic mass is 79.9. The fourth-order valence-corrected chi connectivity index (χ4v) is 7.49. The summed E-state index contributed by atoms with van der Waals surface area (Å²) < 4.78 is 34.2. The second-order valence-corrected chi connectivity index (χ2v) is 12.3. The van der Waals surface area contributed by atoms with Gasteiger partial charge in [0.2, 0.25) is 5.91 Å². The van der Waals surface area contributed by atoms with Gasteiger partial charge in [-0.05, 0) is 61.7 Å². The van der Waals surface area contributed by atoms with Gasteiger partial charge in [-0.1, -0.05) is 0 Å². The molecule has 26 heavy (non-hydrogen) atoms. The highest BCUT2D eigenvalue weighted by molar-refractivity contribution is 9.11. The van der Waals surface area contributed by atoms with Crippen molar-refractivity contribution in [1.82, 2.24) is 9.21 Å². The summed E-state index contributed by atoms with van der Waals surface area (Å²) in [7, 11) is -3.55. The lowest BCUT2D eigenvalue weighted by Gasteiger charge is -2.43. The molecule has 0 saturated carbocycles. The lowest BCUT2D eigenvalue weighted by Crippen LogP contribution is -2.56. The molecular weight excluding hydrogens is 440 g/mol. The monoisotopic (exact) mass is 464 g/mol. The van der Waals surface area contributed by atoms with Gasteiger partial charge in [-0.15, -0.1) is 11.3 Å². The van der Waals surface area contributed by atoms with Crippen LogP contribution in [0, 0.1) is 5.92 Å². The first-order valence-corrected chi connectivity index (χ1v) is 11.9. The van der Waals surface area contributed by atoms with Crippen molar-refractivity contribution in [2.24, 2.45) is 5.92 Å². The number of carbonyl (C=O) groups excluding carboxylic acids is 1. The Bertz CT molecular complexity index is 777. The van der Waals surface area contributed by atoms with Crippen LogP contribution in [0.15, 0.2) is 20.1 Å². The SMILES string of the molecule is CC1CN(C(=O)C2CCCN(S(=O)(=O)c3ccc(Br)s3)C2)CC(C)(C)O1. The molecule has 2 saturated heterocycles. The molecule has 1 aromatic rings. The Labute approximate surface area is 167 Å². The average Bonchev–Trinajstić information content (AvgIpc) is 2.99. The second kappa shape index (κ2) is 7.50. The molecule has 0 spiro atoms. The number of hydrogen-bond acceptors (Lipinski definition) is 5. The van der Waals surface area contributed by atoms with Gasteiger partial charge in [0, 0.05) is 26.2 Å². The van der Waals surface area contributed by atoms with Gasteiger partial charge in [-0.3, -0.25) is 4.79 Å². The molecule has 3 rings (SSSR count). The molecule has 0 bridgehead atoms. The molecule has 1 amide bonds. The Hall–Kier alpha value is -0.480. The molecule has 3 heterocycles. The largest absolute Gasteiger partial charge is 0.369 e. The van der Waals surface area contributed by atoms with E-state index in [9.17, 15) is 13.2 Å². The number of carbonyl (C=O) groups is 1. The number of sulfonamides is 1. The van der Waals surface area contributed by atoms with Crippen molar-refractivity contribution in [3.8, 4) is 0 Å². The predicted octanol–water partition coefficient (Wildman–Crippen LogP) is 2.94. The van der Waals surface area contributed by atoms with E-state index in [0.29, 0.717) is 30.3 Å². The second-order valence-electron chi connectivity index (χ2n) is 7.67. The number of nitrogens with zero attached hydrogens (tertiary/aromatic N) is 2. The predicted molar refractivity (Wildman–Crippen MR) is 105 cm³/mol. The van der Waals surface area contributed by atoms with Crippen LogP contribution in [-0.2, 0) is 19.6 Å². The van der Waals surface area contributed by atoms with Gasteiger partial charge in [0.15, 0.2) is 0 Å². The first-order valence-electron chi connectivity index (χ1n) is 8.80. The van der Waals surface area contributed by atoms with Crippen LogP contribution in [0.4, 0.5) is 0 Å². The summed E-state index contributed by atoms with van der Waals surface area (Å²) in [5, 5.41) is 0. The van der Waals surface area contributed by atoms with Crippen molar-refractivity contribution >= 4 is 43.2 Å². The van der Waals surface area contributed by atoms with Crippen LogP contribution in [0.3, 0.4) is 0 Å². The van der Waals surface area contributed by atoms with Crippen molar-refractivity contribution in [2.45, 2.75) is 49.5 Å². The van der Waals surface area contributed by atoms with Crippen molar-refractivity contribution in [1.29, 1.82) is 0 Å². The molecule has 0 N–H and O–H groups in total. The summed E-state index contributed by atoms with van der Waals surface area (Å²) >= 11 is 4.52. The molecule has 2 fully saturated rings. The Balaban J connectivity index is 1.73. The number of morpholine rings is 1. The number of rotatable bonds is 3. The summed E-state index contributed by atoms with van der Waals surface area (Å²) in [5.41, 5.74) is -0.378. The van der Waals surface area contributed by atoms with Gasteiger partial charge in [0.1, 0.15) is 4.21 Å². The topological polar surface area (TPSA) is 66.9 Å². The van der Waals surface area contributed by atoms with E-state index in [1.165, 1.54) is 15.6 Å². The van der Waals surface area contributed by atoms with E-state index >= 15 is 0 Å². The van der Waals surface area contributed by atoms with Crippen LogP contribution in [0.5, 0.6) is 0 Å². The lowest BCUT2D eigenvalue weighted by atomic mass is 9.96. The Kier molecular flexibility index (Phi) is 5.85. The number of halogens is 1. The van der Waals surface area contributed by atoms with Gasteiger partial charge < -0.3 is 9.64 Å². The number of amides is 1. The summed E-state index contributed by atoms with van der Waals surface area (Å²) in [6.45, 7) is 7.74. The van der Waals surface area contributed by atoms with Crippen LogP contribution in [-0.4, -0.2) is 61.4 Å². The molecule has 2 aliphatic rings. The van der Waals surface area contributed by atoms with E-state index in [4.69, 9.17) is 4.74 Å². The van der Waals surface area contributed by atoms with Crippen LogP contribution in [0.1, 0.15) is 33.6 Å². The van der Waals surface area contributed by atoms with E-state index in [-0.39, 0.29) is 30.1 Å². The smallest absolute Gasteiger partial charge is 0.252 e. The van der Waals surface area contributed by atoms with Crippen molar-refractivity contribution in [3.63, 3.8) is 0 Å². The standard InChI is InChI=1S/C17H25BrN2O4S2/c1-12-9-19(11-17(2,3)24-12)16(21)13-5-4-8-20(10-13)26(22,23)15-7-6-14(18)25-15/h6-7,12-13H,4-5,8-11H2,1-3H3. The fourth-order valence-electron chi connectivity index (χ4n) is 3.81. The molecule has 0 radical (unpaired) electrons. The average molecular weight is 465 g/mol. The van der Waals surface area contributed by atoms with Gasteiger partial charge in [0.25, 0.3) is 10.0 Å². The van der Waals surface area contributed by atoms with E-state index in [0.717, 1.165) is 10.2 Å². The molecule has 6 nitrogen and oxygen atoms in total. The Morgan fingerprint density at radius 2 is 2.08 bits per heavy atom. The van der Waals surface area contributed by atoms with Crippen LogP contribution in [0.2, 0.25) is 0 Å². The van der Waals surface area contributed by atoms with Crippen molar-refractivity contribution in [3.05, 3.63) is 15.9 Å². The Morgan fingerprint density at radius 3 is 2.69 bits per heavy atom. The summed E-state index contributed by atoms with van der Waals surface area (Å²) in [6, 6.07) is 3.35. The molecule has 9 heteroatoms. The molecular formula is C17H25BrN2O4S2. The summed E-state index contributed by atoms with van der Waals surface area (Å²) in [4.78, 5) is 14.9. The third-order valence-corrected chi connectivity index (χ3v) is 8.71. The molecule has 1 aromatic heterocycles. The fraction of sp³-hybridized carbons (Fsp3) is 0.706. The maximum atomic E-state index is 13.0. The third kappa shape index (κ3) is 4.32. The molecule has 2 unspecified atom stereocenters. The molecule has 0 aromatic carbocycles.